The van der Waals surface area contributed by atoms with Crippen LogP contribution >= 0.6 is 22.6 Å². The number of benzene rings is 2. The Labute approximate surface area is 134 Å². The Hall–Kier alpha value is -2.16. The molecule has 0 aliphatic rings. The van der Waals surface area contributed by atoms with Crippen molar-refractivity contribution in [2.75, 3.05) is 17.7 Å². The van der Waals surface area contributed by atoms with Crippen molar-refractivity contribution in [3.05, 3.63) is 61.7 Å². The van der Waals surface area contributed by atoms with Gasteiger partial charge in [0.25, 0.3) is 5.91 Å². The molecular formula is C14H12IN3O3. The number of rotatable bonds is 4. The molecule has 2 aromatic carbocycles. The van der Waals surface area contributed by atoms with Crippen LogP contribution in [0.15, 0.2) is 42.5 Å². The summed E-state index contributed by atoms with van der Waals surface area (Å²) in [6, 6.07) is 11.8. The number of halogens is 1. The van der Waals surface area contributed by atoms with Crippen molar-refractivity contribution in [2.24, 2.45) is 0 Å². The number of nitro groups is 1. The molecule has 2 rings (SSSR count). The molecule has 0 aromatic heterocycles. The molecule has 2 N–H and O–H groups in total. The molecule has 7 heteroatoms. The summed E-state index contributed by atoms with van der Waals surface area (Å²) in [5.41, 5.74) is 0.674. The maximum absolute atomic E-state index is 12.2. The Kier molecular flexibility index (Phi) is 4.73. The van der Waals surface area contributed by atoms with Crippen LogP contribution in [0.5, 0.6) is 0 Å². The number of hydrogen-bond donors (Lipinski definition) is 2. The van der Waals surface area contributed by atoms with E-state index in [2.05, 4.69) is 33.2 Å². The molecule has 0 saturated heterocycles. The molecular weight excluding hydrogens is 385 g/mol. The number of anilines is 2. The van der Waals surface area contributed by atoms with Crippen LogP contribution in [0.3, 0.4) is 0 Å². The predicted octanol–water partition coefficient (Wildman–Crippen LogP) is 3.49. The van der Waals surface area contributed by atoms with Crippen LogP contribution in [-0.4, -0.2) is 17.9 Å². The monoisotopic (exact) mass is 397 g/mol. The highest BCUT2D eigenvalue weighted by Crippen LogP contribution is 2.28. The summed E-state index contributed by atoms with van der Waals surface area (Å²) >= 11 is 2.15. The normalized spacial score (nSPS) is 10.0. The second kappa shape index (κ2) is 6.53. The summed E-state index contributed by atoms with van der Waals surface area (Å²) in [5.74, 6) is -0.514. The minimum atomic E-state index is -0.561. The predicted molar refractivity (Wildman–Crippen MR) is 89.8 cm³/mol. The average Bonchev–Trinajstić information content (AvgIpc) is 2.48. The molecule has 108 valence electrons. The van der Waals surface area contributed by atoms with Gasteiger partial charge in [0.1, 0.15) is 11.3 Å². The molecule has 0 heterocycles. The molecule has 0 unspecified atom stereocenters. The van der Waals surface area contributed by atoms with Gasteiger partial charge in [0.15, 0.2) is 0 Å². The third-order valence-corrected chi connectivity index (χ3v) is 3.55. The zero-order valence-corrected chi connectivity index (χ0v) is 13.2. The Morgan fingerprint density at radius 2 is 1.86 bits per heavy atom. The molecule has 0 saturated carbocycles. The van der Waals surface area contributed by atoms with Crippen LogP contribution in [0.4, 0.5) is 17.1 Å². The van der Waals surface area contributed by atoms with Gasteiger partial charge in [-0.2, -0.15) is 0 Å². The molecule has 0 aliphatic carbocycles. The van der Waals surface area contributed by atoms with Gasteiger partial charge in [-0.1, -0.05) is 6.07 Å². The van der Waals surface area contributed by atoms with E-state index in [9.17, 15) is 14.9 Å². The zero-order chi connectivity index (χ0) is 15.4. The quantitative estimate of drug-likeness (QED) is 0.470. The highest BCUT2D eigenvalue weighted by atomic mass is 127. The molecule has 0 spiro atoms. The van der Waals surface area contributed by atoms with Crippen LogP contribution in [0.2, 0.25) is 0 Å². The molecule has 0 aliphatic heterocycles. The minimum Gasteiger partial charge on any atom is -0.383 e. The molecule has 0 atom stereocenters. The highest BCUT2D eigenvalue weighted by Gasteiger charge is 2.23. The van der Waals surface area contributed by atoms with E-state index in [1.165, 1.54) is 6.07 Å². The SMILES string of the molecule is CNc1cccc(C(=O)Nc2ccc(I)cc2)c1[N+](=O)[O-]. The summed E-state index contributed by atoms with van der Waals surface area (Å²) in [6.45, 7) is 0. The maximum Gasteiger partial charge on any atom is 0.305 e. The number of amides is 1. The first-order valence-corrected chi connectivity index (χ1v) is 7.13. The lowest BCUT2D eigenvalue weighted by Crippen LogP contribution is -2.14. The van der Waals surface area contributed by atoms with E-state index in [1.54, 1.807) is 31.3 Å². The number of carbonyl (C=O) groups excluding carboxylic acids is 1. The summed E-state index contributed by atoms with van der Waals surface area (Å²) in [5, 5.41) is 16.6. The van der Waals surface area contributed by atoms with Crippen molar-refractivity contribution >= 4 is 45.6 Å². The van der Waals surface area contributed by atoms with Gasteiger partial charge < -0.3 is 10.6 Å². The third kappa shape index (κ3) is 3.48. The second-order valence-corrected chi connectivity index (χ2v) is 5.42. The Morgan fingerprint density at radius 3 is 2.43 bits per heavy atom. The lowest BCUT2D eigenvalue weighted by Gasteiger charge is -2.08. The Bertz CT molecular complexity index is 686. The number of nitro benzene ring substituents is 1. The topological polar surface area (TPSA) is 84.3 Å². The standard InChI is InChI=1S/C14H12IN3O3/c1-16-12-4-2-3-11(13(12)18(20)21)14(19)17-10-7-5-9(15)6-8-10/h2-8,16H,1H3,(H,17,19). The van der Waals surface area contributed by atoms with E-state index in [1.807, 2.05) is 12.1 Å². The van der Waals surface area contributed by atoms with Crippen molar-refractivity contribution in [1.29, 1.82) is 0 Å². The summed E-state index contributed by atoms with van der Waals surface area (Å²) in [6.07, 6.45) is 0. The van der Waals surface area contributed by atoms with Gasteiger partial charge in [-0.3, -0.25) is 14.9 Å². The number of hydrogen-bond acceptors (Lipinski definition) is 4. The van der Waals surface area contributed by atoms with E-state index in [0.717, 1.165) is 3.57 Å². The van der Waals surface area contributed by atoms with Crippen molar-refractivity contribution < 1.29 is 9.72 Å². The van der Waals surface area contributed by atoms with Crippen molar-refractivity contribution in [2.45, 2.75) is 0 Å². The van der Waals surface area contributed by atoms with E-state index in [-0.39, 0.29) is 11.3 Å². The molecule has 2 aromatic rings. The lowest BCUT2D eigenvalue weighted by atomic mass is 10.1. The van der Waals surface area contributed by atoms with Crippen molar-refractivity contribution in [1.82, 2.24) is 0 Å². The minimum absolute atomic E-state index is 0.0189. The van der Waals surface area contributed by atoms with Gasteiger partial charge in [-0.05, 0) is 59.0 Å². The lowest BCUT2D eigenvalue weighted by molar-refractivity contribution is -0.384. The summed E-state index contributed by atoms with van der Waals surface area (Å²) in [7, 11) is 1.57. The number of para-hydroxylation sites is 1. The van der Waals surface area contributed by atoms with Crippen LogP contribution in [-0.2, 0) is 0 Å². The van der Waals surface area contributed by atoms with E-state index < -0.39 is 10.8 Å². The fraction of sp³-hybridized carbons (Fsp3) is 0.0714. The van der Waals surface area contributed by atoms with Crippen LogP contribution in [0.25, 0.3) is 0 Å². The van der Waals surface area contributed by atoms with Crippen molar-refractivity contribution in [3.8, 4) is 0 Å². The summed E-state index contributed by atoms with van der Waals surface area (Å²) < 4.78 is 1.04. The smallest absolute Gasteiger partial charge is 0.305 e. The molecule has 0 bridgehead atoms. The van der Waals surface area contributed by atoms with Crippen molar-refractivity contribution in [3.63, 3.8) is 0 Å². The Balaban J connectivity index is 2.35. The van der Waals surface area contributed by atoms with Crippen LogP contribution in [0.1, 0.15) is 10.4 Å². The van der Waals surface area contributed by atoms with Gasteiger partial charge in [-0.15, -0.1) is 0 Å². The van der Waals surface area contributed by atoms with Gasteiger partial charge >= 0.3 is 5.69 Å². The highest BCUT2D eigenvalue weighted by molar-refractivity contribution is 14.1. The van der Waals surface area contributed by atoms with E-state index >= 15 is 0 Å². The fourth-order valence-electron chi connectivity index (χ4n) is 1.86. The van der Waals surface area contributed by atoms with Gasteiger partial charge in [0.05, 0.1) is 4.92 Å². The first-order chi connectivity index (χ1) is 10.0. The van der Waals surface area contributed by atoms with E-state index in [4.69, 9.17) is 0 Å². The second-order valence-electron chi connectivity index (χ2n) is 4.17. The zero-order valence-electron chi connectivity index (χ0n) is 11.1. The molecule has 0 fully saturated rings. The third-order valence-electron chi connectivity index (χ3n) is 2.83. The fourth-order valence-corrected chi connectivity index (χ4v) is 2.22. The molecule has 6 nitrogen and oxygen atoms in total. The first kappa shape index (κ1) is 15.2. The largest absolute Gasteiger partial charge is 0.383 e. The van der Waals surface area contributed by atoms with Gasteiger partial charge in [-0.25, -0.2) is 0 Å². The summed E-state index contributed by atoms with van der Waals surface area (Å²) in [4.78, 5) is 22.9. The maximum atomic E-state index is 12.2. The Morgan fingerprint density at radius 1 is 1.19 bits per heavy atom. The van der Waals surface area contributed by atoms with Crippen LogP contribution in [0, 0.1) is 13.7 Å². The number of carbonyl (C=O) groups is 1. The molecule has 1 amide bonds. The number of nitrogens with zero attached hydrogens (tertiary/aromatic N) is 1. The van der Waals surface area contributed by atoms with E-state index in [0.29, 0.717) is 11.4 Å². The molecule has 21 heavy (non-hydrogen) atoms. The number of nitrogens with one attached hydrogen (secondary N) is 2. The van der Waals surface area contributed by atoms with Gasteiger partial charge in [0, 0.05) is 16.3 Å². The average molecular weight is 397 g/mol. The first-order valence-electron chi connectivity index (χ1n) is 6.05. The van der Waals surface area contributed by atoms with Gasteiger partial charge in [0.2, 0.25) is 0 Å². The molecule has 0 radical (unpaired) electrons. The van der Waals surface area contributed by atoms with Crippen LogP contribution < -0.4 is 10.6 Å².